The number of nitrogens with one attached hydrogen (secondary N) is 3. The molecule has 4 aromatic rings. The number of thioether (sulfide) groups is 1. The lowest BCUT2D eigenvalue weighted by molar-refractivity contribution is -0.114. The third kappa shape index (κ3) is 7.76. The Balaban J connectivity index is 1.37. The molecule has 1 aromatic heterocycles. The predicted molar refractivity (Wildman–Crippen MR) is 151 cm³/mol. The van der Waals surface area contributed by atoms with Crippen LogP contribution in [0.4, 0.5) is 11.4 Å². The highest BCUT2D eigenvalue weighted by atomic mass is 35.5. The zero-order chi connectivity index (χ0) is 26.9. The van der Waals surface area contributed by atoms with E-state index in [2.05, 4.69) is 16.0 Å². The predicted octanol–water partition coefficient (Wildman–Crippen LogP) is 6.73. The number of furan rings is 1. The third-order valence-corrected chi connectivity index (χ3v) is 6.62. The van der Waals surface area contributed by atoms with Gasteiger partial charge in [-0.3, -0.25) is 14.4 Å². The average molecular weight is 566 g/mol. The summed E-state index contributed by atoms with van der Waals surface area (Å²) in [6.45, 7) is 0. The van der Waals surface area contributed by atoms with E-state index in [0.29, 0.717) is 32.7 Å². The van der Waals surface area contributed by atoms with E-state index in [1.807, 2.05) is 0 Å². The van der Waals surface area contributed by atoms with Crippen LogP contribution in [0.15, 0.2) is 106 Å². The van der Waals surface area contributed by atoms with Gasteiger partial charge in [0, 0.05) is 27.2 Å². The third-order valence-electron chi connectivity index (χ3n) is 5.04. The van der Waals surface area contributed by atoms with Gasteiger partial charge in [-0.15, -0.1) is 11.8 Å². The van der Waals surface area contributed by atoms with Crippen molar-refractivity contribution in [3.05, 3.63) is 118 Å². The van der Waals surface area contributed by atoms with Gasteiger partial charge in [0.15, 0.2) is 0 Å². The average Bonchev–Trinajstić information content (AvgIpc) is 3.43. The maximum atomic E-state index is 13.0. The number of carbonyl (C=O) groups excluding carboxylic acids is 3. The van der Waals surface area contributed by atoms with Gasteiger partial charge in [-0.25, -0.2) is 0 Å². The molecule has 192 valence electrons. The second-order valence-corrected chi connectivity index (χ2v) is 9.73. The molecule has 0 aliphatic rings. The first kappa shape index (κ1) is 27.1. The summed E-state index contributed by atoms with van der Waals surface area (Å²) < 4.78 is 5.31. The number of benzene rings is 3. The minimum Gasteiger partial charge on any atom is -0.465 e. The van der Waals surface area contributed by atoms with Crippen molar-refractivity contribution < 1.29 is 18.8 Å². The molecule has 1 heterocycles. The summed E-state index contributed by atoms with van der Waals surface area (Å²) in [4.78, 5) is 38.8. The van der Waals surface area contributed by atoms with E-state index in [-0.39, 0.29) is 17.4 Å². The van der Waals surface area contributed by atoms with Gasteiger partial charge in [0.25, 0.3) is 11.8 Å². The number of hydrogen-bond acceptors (Lipinski definition) is 5. The van der Waals surface area contributed by atoms with Crippen LogP contribution in [0.3, 0.4) is 0 Å². The van der Waals surface area contributed by atoms with Crippen molar-refractivity contribution in [2.75, 3.05) is 16.4 Å². The summed E-state index contributed by atoms with van der Waals surface area (Å²) in [5.74, 6) is -0.631. The quantitative estimate of drug-likeness (QED) is 0.154. The van der Waals surface area contributed by atoms with Crippen molar-refractivity contribution in [2.24, 2.45) is 0 Å². The summed E-state index contributed by atoms with van der Waals surface area (Å²) in [6, 6.07) is 23.7. The summed E-state index contributed by atoms with van der Waals surface area (Å²) >= 11 is 13.4. The molecule has 4 rings (SSSR count). The maximum Gasteiger partial charge on any atom is 0.272 e. The summed E-state index contributed by atoms with van der Waals surface area (Å²) in [7, 11) is 0. The van der Waals surface area contributed by atoms with E-state index in [4.69, 9.17) is 27.6 Å². The van der Waals surface area contributed by atoms with Gasteiger partial charge in [-0.2, -0.15) is 0 Å². The molecule has 0 bridgehead atoms. The molecule has 7 nitrogen and oxygen atoms in total. The minimum absolute atomic E-state index is 0.0172. The number of anilines is 2. The Morgan fingerprint density at radius 1 is 0.868 bits per heavy atom. The van der Waals surface area contributed by atoms with Gasteiger partial charge in [-0.05, 0) is 66.7 Å². The SMILES string of the molecule is O=C(CSc1ccc(NC(=O)/C(=C/c2ccco2)NC(=O)c2ccccc2)cc1)Nc1cc(Cl)ccc1Cl. The van der Waals surface area contributed by atoms with Crippen LogP contribution >= 0.6 is 35.0 Å². The van der Waals surface area contributed by atoms with Crippen molar-refractivity contribution in [3.63, 3.8) is 0 Å². The molecule has 3 N–H and O–H groups in total. The smallest absolute Gasteiger partial charge is 0.272 e. The Morgan fingerprint density at radius 2 is 1.63 bits per heavy atom. The molecule has 0 radical (unpaired) electrons. The van der Waals surface area contributed by atoms with E-state index in [0.717, 1.165) is 4.90 Å². The summed E-state index contributed by atoms with van der Waals surface area (Å²) in [5, 5.41) is 9.02. The fourth-order valence-corrected chi connectivity index (χ4v) is 4.25. The number of rotatable bonds is 9. The molecule has 0 saturated heterocycles. The maximum absolute atomic E-state index is 13.0. The van der Waals surface area contributed by atoms with Crippen LogP contribution in [0.5, 0.6) is 0 Å². The molecule has 3 aromatic carbocycles. The highest BCUT2D eigenvalue weighted by molar-refractivity contribution is 8.00. The molecule has 0 fully saturated rings. The molecule has 0 unspecified atom stereocenters. The number of hydrogen-bond donors (Lipinski definition) is 3. The Bertz CT molecular complexity index is 1460. The van der Waals surface area contributed by atoms with E-state index in [1.165, 1.54) is 24.1 Å². The highest BCUT2D eigenvalue weighted by Gasteiger charge is 2.16. The van der Waals surface area contributed by atoms with Gasteiger partial charge in [0.1, 0.15) is 11.5 Å². The van der Waals surface area contributed by atoms with Gasteiger partial charge in [0.05, 0.1) is 22.7 Å². The summed E-state index contributed by atoms with van der Waals surface area (Å²) in [5.41, 5.74) is 1.38. The van der Waals surface area contributed by atoms with E-state index < -0.39 is 11.8 Å². The van der Waals surface area contributed by atoms with Gasteiger partial charge in [0.2, 0.25) is 5.91 Å². The van der Waals surface area contributed by atoms with Crippen LogP contribution < -0.4 is 16.0 Å². The fraction of sp³-hybridized carbons (Fsp3) is 0.0357. The van der Waals surface area contributed by atoms with Crippen LogP contribution in [0.25, 0.3) is 6.08 Å². The van der Waals surface area contributed by atoms with E-state index in [9.17, 15) is 14.4 Å². The van der Waals surface area contributed by atoms with Crippen molar-refractivity contribution in [1.82, 2.24) is 5.32 Å². The lowest BCUT2D eigenvalue weighted by Crippen LogP contribution is -2.30. The molecule has 3 amide bonds. The first-order chi connectivity index (χ1) is 18.4. The molecule has 0 saturated carbocycles. The molecule has 0 atom stereocenters. The van der Waals surface area contributed by atoms with Gasteiger partial charge in [-0.1, -0.05) is 41.4 Å². The number of carbonyl (C=O) groups is 3. The van der Waals surface area contributed by atoms with Gasteiger partial charge >= 0.3 is 0 Å². The summed E-state index contributed by atoms with van der Waals surface area (Å²) in [6.07, 6.45) is 2.92. The lowest BCUT2D eigenvalue weighted by atomic mass is 10.2. The molecular weight excluding hydrogens is 545 g/mol. The molecule has 0 aliphatic heterocycles. The lowest BCUT2D eigenvalue weighted by Gasteiger charge is -2.11. The topological polar surface area (TPSA) is 100 Å². The van der Waals surface area contributed by atoms with Crippen LogP contribution in [0.2, 0.25) is 10.0 Å². The highest BCUT2D eigenvalue weighted by Crippen LogP contribution is 2.26. The van der Waals surface area contributed by atoms with Crippen molar-refractivity contribution in [3.8, 4) is 0 Å². The first-order valence-corrected chi connectivity index (χ1v) is 13.0. The first-order valence-electron chi connectivity index (χ1n) is 11.3. The van der Waals surface area contributed by atoms with Crippen LogP contribution in [0, 0.1) is 0 Å². The van der Waals surface area contributed by atoms with Crippen molar-refractivity contribution in [1.29, 1.82) is 0 Å². The Hall–Kier alpha value is -3.98. The van der Waals surface area contributed by atoms with Crippen molar-refractivity contribution >= 4 is 70.1 Å². The Kier molecular flexibility index (Phi) is 9.26. The molecular formula is C28H21Cl2N3O4S. The molecule has 0 spiro atoms. The Labute approximate surface area is 233 Å². The Morgan fingerprint density at radius 3 is 2.34 bits per heavy atom. The second-order valence-electron chi connectivity index (χ2n) is 7.83. The normalized spacial score (nSPS) is 11.1. The fourth-order valence-electron chi connectivity index (χ4n) is 3.22. The monoisotopic (exact) mass is 565 g/mol. The minimum atomic E-state index is -0.524. The van der Waals surface area contributed by atoms with Crippen LogP contribution in [0.1, 0.15) is 16.1 Å². The van der Waals surface area contributed by atoms with Crippen molar-refractivity contribution in [2.45, 2.75) is 4.90 Å². The van der Waals surface area contributed by atoms with Gasteiger partial charge < -0.3 is 20.4 Å². The van der Waals surface area contributed by atoms with Crippen LogP contribution in [-0.2, 0) is 9.59 Å². The molecule has 0 aliphatic carbocycles. The van der Waals surface area contributed by atoms with Crippen LogP contribution in [-0.4, -0.2) is 23.5 Å². The second kappa shape index (κ2) is 13.0. The molecule has 10 heteroatoms. The molecule has 38 heavy (non-hydrogen) atoms. The zero-order valence-corrected chi connectivity index (χ0v) is 22.1. The number of halogens is 2. The van der Waals surface area contributed by atoms with E-state index in [1.54, 1.807) is 84.9 Å². The standard InChI is InChI=1S/C28H21Cl2N3O4S/c29-19-8-13-23(30)24(15-19)32-26(34)17-38-22-11-9-20(10-12-22)31-28(36)25(16-21-7-4-14-37-21)33-27(35)18-5-2-1-3-6-18/h1-16H,17H2,(H,31,36)(H,32,34)(H,33,35)/b25-16-. The number of amides is 3. The zero-order valence-electron chi connectivity index (χ0n) is 19.7. The van der Waals surface area contributed by atoms with E-state index >= 15 is 0 Å². The largest absolute Gasteiger partial charge is 0.465 e.